The molecule has 2 aromatic heterocycles. The van der Waals surface area contributed by atoms with E-state index in [0.29, 0.717) is 10.4 Å². The van der Waals surface area contributed by atoms with Gasteiger partial charge < -0.3 is 9.84 Å². The van der Waals surface area contributed by atoms with Crippen LogP contribution >= 0.6 is 0 Å². The standard InChI is InChI=1S/C17H13F3N4O3/c1-2-11-14(16(25)26)15(17(18,19)20)24(23-11)12-8-13(22-9-21-12)27-10-6-4-3-5-7-10/h3-9H,2H2,1H3,(H,25,26). The van der Waals surface area contributed by atoms with Crippen LogP contribution in [0, 0.1) is 0 Å². The lowest BCUT2D eigenvalue weighted by Gasteiger charge is -2.11. The van der Waals surface area contributed by atoms with Gasteiger partial charge in [0.15, 0.2) is 11.5 Å². The van der Waals surface area contributed by atoms with Gasteiger partial charge in [-0.2, -0.15) is 18.3 Å². The highest BCUT2D eigenvalue weighted by molar-refractivity contribution is 5.90. The molecule has 3 aromatic rings. The fourth-order valence-electron chi connectivity index (χ4n) is 2.47. The van der Waals surface area contributed by atoms with Gasteiger partial charge in [-0.15, -0.1) is 0 Å². The fourth-order valence-corrected chi connectivity index (χ4v) is 2.47. The summed E-state index contributed by atoms with van der Waals surface area (Å²) in [5, 5.41) is 13.0. The molecule has 140 valence electrons. The molecular formula is C17H13F3N4O3. The molecule has 10 heteroatoms. The van der Waals surface area contributed by atoms with Gasteiger partial charge >= 0.3 is 12.1 Å². The highest BCUT2D eigenvalue weighted by Crippen LogP contribution is 2.35. The van der Waals surface area contributed by atoms with Gasteiger partial charge in [0.1, 0.15) is 17.6 Å². The summed E-state index contributed by atoms with van der Waals surface area (Å²) in [7, 11) is 0. The van der Waals surface area contributed by atoms with E-state index in [1.54, 1.807) is 30.3 Å². The number of aromatic carboxylic acids is 1. The van der Waals surface area contributed by atoms with Gasteiger partial charge in [0.2, 0.25) is 5.88 Å². The number of hydrogen-bond acceptors (Lipinski definition) is 5. The Hall–Kier alpha value is -3.43. The minimum Gasteiger partial charge on any atom is -0.478 e. The van der Waals surface area contributed by atoms with E-state index in [4.69, 9.17) is 4.74 Å². The quantitative estimate of drug-likeness (QED) is 0.728. The second kappa shape index (κ2) is 7.06. The molecule has 2 heterocycles. The van der Waals surface area contributed by atoms with E-state index in [2.05, 4.69) is 15.1 Å². The molecule has 3 rings (SSSR count). The first-order valence-corrected chi connectivity index (χ1v) is 7.79. The zero-order valence-corrected chi connectivity index (χ0v) is 13.9. The lowest BCUT2D eigenvalue weighted by atomic mass is 10.1. The molecule has 0 amide bonds. The minimum absolute atomic E-state index is 0.00949. The largest absolute Gasteiger partial charge is 0.478 e. The molecule has 27 heavy (non-hydrogen) atoms. The number of para-hydroxylation sites is 1. The predicted molar refractivity (Wildman–Crippen MR) is 87.0 cm³/mol. The molecule has 0 radical (unpaired) electrons. The molecule has 1 N–H and O–H groups in total. The Morgan fingerprint density at radius 3 is 2.52 bits per heavy atom. The second-order valence-corrected chi connectivity index (χ2v) is 5.37. The van der Waals surface area contributed by atoms with Crippen LogP contribution < -0.4 is 4.74 Å². The number of carboxylic acids is 1. The first kappa shape index (κ1) is 18.4. The molecular weight excluding hydrogens is 365 g/mol. The van der Waals surface area contributed by atoms with Crippen molar-refractivity contribution < 1.29 is 27.8 Å². The summed E-state index contributed by atoms with van der Waals surface area (Å²) < 4.78 is 46.6. The third-order valence-corrected chi connectivity index (χ3v) is 3.59. The maximum Gasteiger partial charge on any atom is 0.434 e. The van der Waals surface area contributed by atoms with Crippen molar-refractivity contribution in [3.63, 3.8) is 0 Å². The number of aromatic nitrogens is 4. The van der Waals surface area contributed by atoms with Crippen LogP contribution in [0.2, 0.25) is 0 Å². The van der Waals surface area contributed by atoms with E-state index in [-0.39, 0.29) is 23.8 Å². The predicted octanol–water partition coefficient (Wildman–Crippen LogP) is 3.73. The Bertz CT molecular complexity index is 971. The Labute approximate surface area is 151 Å². The molecule has 0 aliphatic rings. The number of aryl methyl sites for hydroxylation is 1. The molecule has 0 saturated heterocycles. The number of carboxylic acid groups (broad SMARTS) is 1. The van der Waals surface area contributed by atoms with Crippen LogP contribution in [0.4, 0.5) is 13.2 Å². The van der Waals surface area contributed by atoms with Gasteiger partial charge in [-0.1, -0.05) is 25.1 Å². The minimum atomic E-state index is -4.94. The van der Waals surface area contributed by atoms with Crippen molar-refractivity contribution in [1.82, 2.24) is 19.7 Å². The summed E-state index contributed by atoms with van der Waals surface area (Å²) in [6.07, 6.45) is -3.92. The normalized spacial score (nSPS) is 11.4. The monoisotopic (exact) mass is 378 g/mol. The van der Waals surface area contributed by atoms with E-state index in [1.807, 2.05) is 0 Å². The summed E-state index contributed by atoms with van der Waals surface area (Å²) in [5.74, 6) is -1.55. The number of benzene rings is 1. The van der Waals surface area contributed by atoms with Gasteiger partial charge in [0, 0.05) is 6.07 Å². The van der Waals surface area contributed by atoms with E-state index in [0.717, 1.165) is 12.4 Å². The number of nitrogens with zero attached hydrogens (tertiary/aromatic N) is 4. The molecule has 0 spiro atoms. The Morgan fingerprint density at radius 2 is 1.93 bits per heavy atom. The van der Waals surface area contributed by atoms with Crippen LogP contribution in [-0.4, -0.2) is 30.8 Å². The lowest BCUT2D eigenvalue weighted by Crippen LogP contribution is -2.18. The Kier molecular flexibility index (Phi) is 4.80. The van der Waals surface area contributed by atoms with Crippen LogP contribution in [-0.2, 0) is 12.6 Å². The van der Waals surface area contributed by atoms with Gasteiger partial charge in [-0.3, -0.25) is 0 Å². The van der Waals surface area contributed by atoms with Gasteiger partial charge in [0.25, 0.3) is 0 Å². The van der Waals surface area contributed by atoms with E-state index >= 15 is 0 Å². The smallest absolute Gasteiger partial charge is 0.434 e. The summed E-state index contributed by atoms with van der Waals surface area (Å²) in [6, 6.07) is 9.67. The average molecular weight is 378 g/mol. The van der Waals surface area contributed by atoms with Crippen molar-refractivity contribution in [1.29, 1.82) is 0 Å². The van der Waals surface area contributed by atoms with Gasteiger partial charge in [-0.05, 0) is 18.6 Å². The molecule has 0 saturated carbocycles. The summed E-state index contributed by atoms with van der Waals surface area (Å²) in [5.41, 5.74) is -2.50. The summed E-state index contributed by atoms with van der Waals surface area (Å²) >= 11 is 0. The van der Waals surface area contributed by atoms with E-state index < -0.39 is 23.4 Å². The molecule has 1 aromatic carbocycles. The first-order chi connectivity index (χ1) is 12.8. The molecule has 7 nitrogen and oxygen atoms in total. The number of rotatable bonds is 5. The van der Waals surface area contributed by atoms with Crippen molar-refractivity contribution in [2.24, 2.45) is 0 Å². The van der Waals surface area contributed by atoms with Crippen LogP contribution in [0.15, 0.2) is 42.7 Å². The van der Waals surface area contributed by atoms with Crippen LogP contribution in [0.5, 0.6) is 11.6 Å². The van der Waals surface area contributed by atoms with Crippen molar-refractivity contribution in [2.45, 2.75) is 19.5 Å². The first-order valence-electron chi connectivity index (χ1n) is 7.79. The maximum absolute atomic E-state index is 13.6. The Morgan fingerprint density at radius 1 is 1.22 bits per heavy atom. The molecule has 0 fully saturated rings. The van der Waals surface area contributed by atoms with Crippen LogP contribution in [0.1, 0.15) is 28.7 Å². The van der Waals surface area contributed by atoms with Crippen molar-refractivity contribution in [3.8, 4) is 17.4 Å². The van der Waals surface area contributed by atoms with Crippen LogP contribution in [0.25, 0.3) is 5.82 Å². The SMILES string of the molecule is CCc1nn(-c2cc(Oc3ccccc3)ncn2)c(C(F)(F)F)c1C(=O)O. The third-order valence-electron chi connectivity index (χ3n) is 3.59. The van der Waals surface area contributed by atoms with E-state index in [9.17, 15) is 23.1 Å². The number of hydrogen-bond donors (Lipinski definition) is 1. The highest BCUT2D eigenvalue weighted by Gasteiger charge is 2.42. The topological polar surface area (TPSA) is 90.1 Å². The molecule has 0 atom stereocenters. The van der Waals surface area contributed by atoms with Gasteiger partial charge in [0.05, 0.1) is 5.69 Å². The maximum atomic E-state index is 13.6. The fraction of sp³-hybridized carbons (Fsp3) is 0.176. The van der Waals surface area contributed by atoms with Crippen LogP contribution in [0.3, 0.4) is 0 Å². The molecule has 0 aliphatic carbocycles. The zero-order valence-electron chi connectivity index (χ0n) is 13.9. The number of ether oxygens (including phenoxy) is 1. The number of alkyl halides is 3. The average Bonchev–Trinajstić information content (AvgIpc) is 3.03. The van der Waals surface area contributed by atoms with Crippen molar-refractivity contribution in [3.05, 3.63) is 59.7 Å². The van der Waals surface area contributed by atoms with E-state index in [1.165, 1.54) is 6.92 Å². The van der Waals surface area contributed by atoms with Gasteiger partial charge in [-0.25, -0.2) is 19.4 Å². The van der Waals surface area contributed by atoms with Crippen molar-refractivity contribution >= 4 is 5.97 Å². The molecule has 0 bridgehead atoms. The summed E-state index contributed by atoms with van der Waals surface area (Å²) in [4.78, 5) is 19.0. The third kappa shape index (κ3) is 3.73. The summed E-state index contributed by atoms with van der Waals surface area (Å²) in [6.45, 7) is 1.52. The second-order valence-electron chi connectivity index (χ2n) is 5.37. The zero-order chi connectivity index (χ0) is 19.6. The lowest BCUT2D eigenvalue weighted by molar-refractivity contribution is -0.143. The Balaban J connectivity index is 2.11. The number of halogens is 3. The molecule has 0 aliphatic heterocycles. The van der Waals surface area contributed by atoms with Crippen molar-refractivity contribution in [2.75, 3.05) is 0 Å². The molecule has 0 unspecified atom stereocenters. The highest BCUT2D eigenvalue weighted by atomic mass is 19.4. The number of carbonyl (C=O) groups is 1.